The van der Waals surface area contributed by atoms with Gasteiger partial charge >= 0.3 is 35.3 Å². The first kappa shape index (κ1) is 70.3. The molecule has 8 aromatic carbocycles. The number of fused-ring (bicyclic) bond motifs is 11. The van der Waals surface area contributed by atoms with Crippen molar-refractivity contribution in [2.75, 3.05) is 37.9 Å². The molecule has 4 amide bonds. The number of hydrogen-bond donors (Lipinski definition) is 2. The smallest absolute Gasteiger partial charge is 0.311 e. The molecular formula is C78H72N6O12S6. The maximum Gasteiger partial charge on any atom is 0.311 e. The molecule has 6 aliphatic rings. The average Bonchev–Trinajstić information content (AvgIpc) is 1.46. The van der Waals surface area contributed by atoms with Crippen LogP contribution in [0.5, 0.6) is 0 Å². The lowest BCUT2D eigenvalue weighted by Crippen LogP contribution is -2.77. The lowest BCUT2D eigenvalue weighted by atomic mass is 9.54. The zero-order valence-electron chi connectivity index (χ0n) is 56.6. The molecule has 6 heterocycles. The number of para-hydroxylation sites is 2. The number of amides is 4. The summed E-state index contributed by atoms with van der Waals surface area (Å²) >= 11 is 0. The summed E-state index contributed by atoms with van der Waals surface area (Å²) in [6.07, 6.45) is -3.19. The zero-order valence-corrected chi connectivity index (χ0v) is 61.5. The second-order valence-electron chi connectivity index (χ2n) is 26.5. The van der Waals surface area contributed by atoms with Crippen molar-refractivity contribution in [3.63, 3.8) is 0 Å². The first-order chi connectivity index (χ1) is 49.1. The van der Waals surface area contributed by atoms with E-state index in [4.69, 9.17) is 18.9 Å². The number of nitrogens with zero attached hydrogens (tertiary/aromatic N) is 4. The second kappa shape index (κ2) is 27.1. The molecule has 8 aromatic rings. The fourth-order valence-electron chi connectivity index (χ4n) is 16.2. The molecule has 0 spiro atoms. The molecule has 102 heavy (non-hydrogen) atoms. The van der Waals surface area contributed by atoms with Crippen molar-refractivity contribution < 1.29 is 57.3 Å². The van der Waals surface area contributed by atoms with Gasteiger partial charge in [-0.1, -0.05) is 254 Å². The minimum absolute atomic E-state index is 0.248. The van der Waals surface area contributed by atoms with Gasteiger partial charge in [0.05, 0.1) is 16.7 Å². The van der Waals surface area contributed by atoms with E-state index in [1.165, 1.54) is 65.1 Å². The molecule has 0 unspecified atom stereocenters. The highest BCUT2D eigenvalue weighted by molar-refractivity contribution is 9.10. The summed E-state index contributed by atoms with van der Waals surface area (Å²) in [6.45, 7) is 4.83. The van der Waals surface area contributed by atoms with Crippen LogP contribution < -0.4 is 10.6 Å². The first-order valence-corrected chi connectivity index (χ1v) is 40.2. The molecular weight excluding hydrogens is 1410 g/mol. The molecule has 0 bridgehead atoms. The van der Waals surface area contributed by atoms with E-state index in [1.807, 2.05) is 158 Å². The highest BCUT2D eigenvalue weighted by Gasteiger charge is 2.87. The third kappa shape index (κ3) is 10.6. The number of hydrogen-bond acceptors (Lipinski definition) is 20. The minimum Gasteiger partial charge on any atom is -0.459 e. The number of piperazine rings is 2. The molecule has 24 heteroatoms. The normalized spacial score (nSPS) is 25.3. The number of carbonyl (C=O) groups is 8. The zero-order chi connectivity index (χ0) is 71.6. The molecule has 8 atom stereocenters. The number of ether oxygens (including phenoxy) is 4. The van der Waals surface area contributed by atoms with Crippen LogP contribution in [0.1, 0.15) is 92.0 Å². The van der Waals surface area contributed by atoms with E-state index in [9.17, 15) is 19.2 Å². The molecule has 18 nitrogen and oxygen atoms in total. The van der Waals surface area contributed by atoms with Crippen LogP contribution in [-0.2, 0) is 77.6 Å². The van der Waals surface area contributed by atoms with Gasteiger partial charge in [0, 0.05) is 59.1 Å². The Labute approximate surface area is 614 Å². The van der Waals surface area contributed by atoms with Gasteiger partial charge in [-0.25, -0.2) is 0 Å². The van der Waals surface area contributed by atoms with Crippen molar-refractivity contribution in [1.29, 1.82) is 0 Å². The quantitative estimate of drug-likeness (QED) is 0.0280. The van der Waals surface area contributed by atoms with Crippen molar-refractivity contribution in [3.05, 3.63) is 275 Å². The van der Waals surface area contributed by atoms with Crippen LogP contribution in [0.15, 0.2) is 231 Å². The highest BCUT2D eigenvalue weighted by atomic mass is 33.5. The van der Waals surface area contributed by atoms with Crippen LogP contribution in [0.3, 0.4) is 0 Å². The third-order valence-electron chi connectivity index (χ3n) is 20.7. The number of rotatable bonds is 22. The summed E-state index contributed by atoms with van der Waals surface area (Å²) in [6, 6.07) is 75.2. The lowest BCUT2D eigenvalue weighted by Gasteiger charge is -2.53. The Balaban J connectivity index is 1.02. The highest BCUT2D eigenvalue weighted by Crippen LogP contribution is 2.77. The monoisotopic (exact) mass is 1480 g/mol. The summed E-state index contributed by atoms with van der Waals surface area (Å²) in [5, 5.41) is 7.61. The number of anilines is 2. The number of esters is 4. The average molecular weight is 1480 g/mol. The Morgan fingerprint density at radius 3 is 1.02 bits per heavy atom. The summed E-state index contributed by atoms with van der Waals surface area (Å²) in [5.74, 6) is -7.47. The number of likely N-dealkylation sites (N-methyl/N-ethyl adjacent to an activating group) is 2. The van der Waals surface area contributed by atoms with E-state index in [2.05, 4.69) is 83.4 Å². The standard InChI is InChI=1S/C78H72N6O12S6/c1-50(2)64(88)96-74(49-94-52(4)86)68(90)84-66-72(61-43-27-29-45-63(61)80-66,47-76(84,70(92)82(74)7)98-102-100-78(57-36-20-11-21-37-57,58-38-22-12-23-39-58)59-40-24-13-25-41-59)71-46-75(97-101-99-77(54-30-14-8-15-31-54,55-32-16-9-17-33-55)56-34-18-10-19-35-56)69(91)81(6)73(95-53(5)87,48-93-51(3)85)67(89)83(75)65(71)79-62-44-28-26-42-60(62)71/h8-45,50,65-66,79-80H,46-49H2,1-7H3/t65-,66-,71+,72+,73-,74-,75+,76+/m1/s1. The van der Waals surface area contributed by atoms with E-state index < -0.39 is 120 Å². The first-order valence-electron chi connectivity index (χ1n) is 33.2. The van der Waals surface area contributed by atoms with Crippen LogP contribution in [-0.4, -0.2) is 128 Å². The molecule has 6 aliphatic heterocycles. The van der Waals surface area contributed by atoms with Gasteiger partial charge in [0.15, 0.2) is 23.0 Å². The van der Waals surface area contributed by atoms with Crippen molar-refractivity contribution in [1.82, 2.24) is 19.6 Å². The molecule has 2 N–H and O–H groups in total. The molecule has 0 aliphatic carbocycles. The third-order valence-corrected chi connectivity index (χ3v) is 30.9. The lowest BCUT2D eigenvalue weighted by molar-refractivity contribution is -0.223. The number of carbonyl (C=O) groups excluding carboxylic acids is 8. The molecule has 0 radical (unpaired) electrons. The fourth-order valence-corrected chi connectivity index (χ4v) is 28.5. The molecule has 0 aromatic heterocycles. The van der Waals surface area contributed by atoms with Crippen LogP contribution in [0.2, 0.25) is 0 Å². The summed E-state index contributed by atoms with van der Waals surface area (Å²) in [4.78, 5) is 125. The summed E-state index contributed by atoms with van der Waals surface area (Å²) in [5.41, 5.74) is -0.734. The second-order valence-corrected chi connectivity index (χ2v) is 35.2. The Hall–Kier alpha value is -8.78. The Kier molecular flexibility index (Phi) is 18.7. The Morgan fingerprint density at radius 2 is 0.725 bits per heavy atom. The molecule has 4 fully saturated rings. The van der Waals surface area contributed by atoms with Gasteiger partial charge in [-0.05, 0) is 97.9 Å². The van der Waals surface area contributed by atoms with Gasteiger partial charge < -0.3 is 29.6 Å². The van der Waals surface area contributed by atoms with Gasteiger partial charge in [-0.15, -0.1) is 0 Å². The Bertz CT molecular complexity index is 4410. The van der Waals surface area contributed by atoms with Crippen molar-refractivity contribution >= 4 is 122 Å². The van der Waals surface area contributed by atoms with Crippen molar-refractivity contribution in [3.8, 4) is 0 Å². The van der Waals surface area contributed by atoms with E-state index in [1.54, 1.807) is 13.8 Å². The van der Waals surface area contributed by atoms with E-state index in [0.717, 1.165) is 85.5 Å². The predicted octanol–water partition coefficient (Wildman–Crippen LogP) is 13.5. The van der Waals surface area contributed by atoms with Gasteiger partial charge in [-0.2, -0.15) is 0 Å². The SMILES string of the molecule is CC(=O)OC[C@@]1(OC(C)=O)C(=O)N2[C@H]3Nc4ccccc4[C@@]3([C@]34C[C@]5(SSSC(c6ccccc6)(c6ccccc6)c6ccccc6)C(=O)N(C)[C@](COC(C)=O)(OC(=O)C(C)C)C(=O)N5[C@H]3Nc3ccccc34)C[C@]2(SSSC(c2ccccc2)(c2ccccc2)c2ccccc2)C(=O)N1C. The predicted molar refractivity (Wildman–Crippen MR) is 400 cm³/mol. The largest absolute Gasteiger partial charge is 0.459 e. The van der Waals surface area contributed by atoms with Crippen LogP contribution in [0.25, 0.3) is 0 Å². The van der Waals surface area contributed by atoms with E-state index >= 15 is 19.2 Å². The van der Waals surface area contributed by atoms with Crippen molar-refractivity contribution in [2.24, 2.45) is 5.92 Å². The van der Waals surface area contributed by atoms with Crippen LogP contribution >= 0.6 is 62.8 Å². The molecule has 0 saturated carbocycles. The van der Waals surface area contributed by atoms with E-state index in [-0.39, 0.29) is 12.8 Å². The van der Waals surface area contributed by atoms with Crippen LogP contribution in [0, 0.1) is 5.92 Å². The van der Waals surface area contributed by atoms with Gasteiger partial charge in [0.25, 0.3) is 23.6 Å². The van der Waals surface area contributed by atoms with Gasteiger partial charge in [0.2, 0.25) is 0 Å². The summed E-state index contributed by atoms with van der Waals surface area (Å²) in [7, 11) is 10.6. The minimum atomic E-state index is -2.61. The maximum absolute atomic E-state index is 17.4. The van der Waals surface area contributed by atoms with Crippen LogP contribution in [0.4, 0.5) is 11.4 Å². The summed E-state index contributed by atoms with van der Waals surface area (Å²) < 4.78 is 22.2. The van der Waals surface area contributed by atoms with Crippen molar-refractivity contribution in [2.45, 2.75) is 101 Å². The van der Waals surface area contributed by atoms with E-state index in [0.29, 0.717) is 22.5 Å². The Morgan fingerprint density at radius 1 is 0.431 bits per heavy atom. The number of benzene rings is 8. The molecule has 4 saturated heterocycles. The topological polar surface area (TPSA) is 210 Å². The fraction of sp³-hybridized carbons (Fsp3) is 0.282. The maximum atomic E-state index is 17.4. The molecule has 522 valence electrons. The molecule has 14 rings (SSSR count). The van der Waals surface area contributed by atoms with Gasteiger partial charge in [-0.3, -0.25) is 58.0 Å². The number of nitrogens with one attached hydrogen (secondary N) is 2. The van der Waals surface area contributed by atoms with Gasteiger partial charge in [0.1, 0.15) is 21.8 Å².